The summed E-state index contributed by atoms with van der Waals surface area (Å²) in [6.45, 7) is 0. The fraction of sp³-hybridized carbons (Fsp3) is 0.750. The Hall–Kier alpha value is -1.10. The van der Waals surface area contributed by atoms with Crippen molar-refractivity contribution in [3.63, 3.8) is 0 Å². The highest BCUT2D eigenvalue weighted by Crippen LogP contribution is 2.44. The second kappa shape index (κ2) is 2.70. The van der Waals surface area contributed by atoms with Gasteiger partial charge in [0, 0.05) is 12.0 Å². The van der Waals surface area contributed by atoms with Crippen LogP contribution in [0.25, 0.3) is 0 Å². The molecule has 1 aliphatic heterocycles. The molecule has 0 spiro atoms. The van der Waals surface area contributed by atoms with Crippen molar-refractivity contribution in [3.8, 4) is 0 Å². The Morgan fingerprint density at radius 3 is 2.85 bits per heavy atom. The number of nitrogens with two attached hydrogens (primary N) is 2. The summed E-state index contributed by atoms with van der Waals surface area (Å²) in [5.41, 5.74) is 10.5. The topological polar surface area (TPSA) is 98.2 Å². The third kappa shape index (κ3) is 1.39. The van der Waals surface area contributed by atoms with Crippen molar-refractivity contribution in [2.75, 3.05) is 0 Å². The molecule has 1 saturated carbocycles. The average Bonchev–Trinajstić information content (AvgIpc) is 2.72. The maximum atomic E-state index is 11.3. The van der Waals surface area contributed by atoms with Crippen LogP contribution in [0, 0.1) is 11.8 Å². The van der Waals surface area contributed by atoms with Gasteiger partial charge in [-0.2, -0.15) is 0 Å². The van der Waals surface area contributed by atoms with Gasteiger partial charge in [-0.3, -0.25) is 9.59 Å². The Balaban J connectivity index is 1.94. The number of amides is 2. The summed E-state index contributed by atoms with van der Waals surface area (Å²) in [7, 11) is 0. The monoisotopic (exact) mass is 183 g/mol. The van der Waals surface area contributed by atoms with Crippen molar-refractivity contribution >= 4 is 11.8 Å². The van der Waals surface area contributed by atoms with E-state index in [4.69, 9.17) is 11.5 Å². The van der Waals surface area contributed by atoms with Crippen LogP contribution in [0.2, 0.25) is 0 Å². The summed E-state index contributed by atoms with van der Waals surface area (Å²) in [6, 6.07) is -0.340. The SMILES string of the molecule is NC(=O)C(N)C[C@H]1C(=O)N[C@@H]2C[C@@H]21. The first-order valence-electron chi connectivity index (χ1n) is 4.45. The molecular formula is C8H13N3O2. The van der Waals surface area contributed by atoms with E-state index >= 15 is 0 Å². The molecule has 72 valence electrons. The lowest BCUT2D eigenvalue weighted by atomic mass is 9.96. The second-order valence-corrected chi connectivity index (χ2v) is 3.87. The largest absolute Gasteiger partial charge is 0.368 e. The molecule has 0 aromatic carbocycles. The Morgan fingerprint density at radius 2 is 2.38 bits per heavy atom. The Bertz CT molecular complexity index is 266. The first-order chi connectivity index (χ1) is 6.09. The minimum absolute atomic E-state index is 0.0259. The first-order valence-corrected chi connectivity index (χ1v) is 4.45. The van der Waals surface area contributed by atoms with Gasteiger partial charge in [-0.05, 0) is 18.8 Å². The first kappa shape index (κ1) is 8.50. The summed E-state index contributed by atoms with van der Waals surface area (Å²) in [5, 5.41) is 2.84. The Morgan fingerprint density at radius 1 is 1.69 bits per heavy atom. The molecule has 0 bridgehead atoms. The van der Waals surface area contributed by atoms with Crippen LogP contribution in [0.15, 0.2) is 0 Å². The fourth-order valence-corrected chi connectivity index (χ4v) is 1.98. The van der Waals surface area contributed by atoms with E-state index in [0.717, 1.165) is 6.42 Å². The summed E-state index contributed by atoms with van der Waals surface area (Å²) < 4.78 is 0. The summed E-state index contributed by atoms with van der Waals surface area (Å²) in [5.74, 6) is -0.194. The van der Waals surface area contributed by atoms with E-state index in [2.05, 4.69) is 5.32 Å². The number of rotatable bonds is 3. The van der Waals surface area contributed by atoms with Crippen molar-refractivity contribution < 1.29 is 9.59 Å². The van der Waals surface area contributed by atoms with Gasteiger partial charge < -0.3 is 16.8 Å². The third-order valence-corrected chi connectivity index (χ3v) is 2.89. The molecule has 0 aromatic heterocycles. The molecule has 1 heterocycles. The van der Waals surface area contributed by atoms with Crippen LogP contribution in [0.3, 0.4) is 0 Å². The zero-order valence-electron chi connectivity index (χ0n) is 7.19. The van der Waals surface area contributed by atoms with Gasteiger partial charge in [-0.1, -0.05) is 0 Å². The number of piperidine rings is 1. The zero-order valence-corrected chi connectivity index (χ0v) is 7.19. The molecule has 5 heteroatoms. The van der Waals surface area contributed by atoms with Gasteiger partial charge in [0.15, 0.2) is 0 Å². The van der Waals surface area contributed by atoms with Crippen LogP contribution in [0.5, 0.6) is 0 Å². The van der Waals surface area contributed by atoms with Crippen LogP contribution in [0.1, 0.15) is 12.8 Å². The molecule has 5 nitrogen and oxygen atoms in total. The molecular weight excluding hydrogens is 170 g/mol. The van der Waals surface area contributed by atoms with Crippen molar-refractivity contribution in [2.24, 2.45) is 23.3 Å². The van der Waals surface area contributed by atoms with Crippen molar-refractivity contribution in [1.29, 1.82) is 0 Å². The van der Waals surface area contributed by atoms with E-state index in [1.807, 2.05) is 0 Å². The molecule has 1 saturated heterocycles. The van der Waals surface area contributed by atoms with Gasteiger partial charge in [-0.25, -0.2) is 0 Å². The minimum Gasteiger partial charge on any atom is -0.368 e. The van der Waals surface area contributed by atoms with Crippen molar-refractivity contribution in [2.45, 2.75) is 24.9 Å². The van der Waals surface area contributed by atoms with E-state index in [1.54, 1.807) is 0 Å². The number of primary amides is 1. The number of carbonyl (C=O) groups excluding carboxylic acids is 2. The van der Waals surface area contributed by atoms with E-state index in [9.17, 15) is 9.59 Å². The summed E-state index contributed by atoms with van der Waals surface area (Å²) in [4.78, 5) is 21.9. The van der Waals surface area contributed by atoms with Crippen LogP contribution in [-0.2, 0) is 9.59 Å². The van der Waals surface area contributed by atoms with Crippen LogP contribution < -0.4 is 16.8 Å². The quantitative estimate of drug-likeness (QED) is 0.487. The van der Waals surface area contributed by atoms with Crippen LogP contribution in [0.4, 0.5) is 0 Å². The second-order valence-electron chi connectivity index (χ2n) is 3.87. The number of hydrogen-bond acceptors (Lipinski definition) is 3. The van der Waals surface area contributed by atoms with E-state index in [1.165, 1.54) is 0 Å². The molecule has 2 rings (SSSR count). The van der Waals surface area contributed by atoms with Gasteiger partial charge in [0.05, 0.1) is 6.04 Å². The van der Waals surface area contributed by atoms with Gasteiger partial charge >= 0.3 is 0 Å². The highest BCUT2D eigenvalue weighted by molar-refractivity contribution is 5.85. The van der Waals surface area contributed by atoms with Crippen LogP contribution in [-0.4, -0.2) is 23.9 Å². The average molecular weight is 183 g/mol. The maximum absolute atomic E-state index is 11.3. The molecule has 1 aliphatic carbocycles. The molecule has 2 aliphatic rings. The van der Waals surface area contributed by atoms with Crippen molar-refractivity contribution in [3.05, 3.63) is 0 Å². The van der Waals surface area contributed by atoms with Gasteiger partial charge in [0.2, 0.25) is 11.8 Å². The fourth-order valence-electron chi connectivity index (χ4n) is 1.98. The highest BCUT2D eigenvalue weighted by atomic mass is 16.2. The molecule has 5 N–H and O–H groups in total. The van der Waals surface area contributed by atoms with Crippen LogP contribution >= 0.6 is 0 Å². The predicted molar refractivity (Wildman–Crippen MR) is 45.3 cm³/mol. The number of nitrogens with one attached hydrogen (secondary N) is 1. The molecule has 4 atom stereocenters. The van der Waals surface area contributed by atoms with Gasteiger partial charge in [-0.15, -0.1) is 0 Å². The lowest BCUT2D eigenvalue weighted by Gasteiger charge is -2.13. The zero-order chi connectivity index (χ0) is 9.59. The summed E-state index contributed by atoms with van der Waals surface area (Å²) in [6.07, 6.45) is 1.42. The smallest absolute Gasteiger partial charge is 0.234 e. The molecule has 0 radical (unpaired) electrons. The number of carbonyl (C=O) groups is 2. The summed E-state index contributed by atoms with van der Waals surface area (Å²) >= 11 is 0. The lowest BCUT2D eigenvalue weighted by Crippen LogP contribution is -2.40. The Labute approximate surface area is 75.8 Å². The number of hydrogen-bond donors (Lipinski definition) is 3. The van der Waals surface area contributed by atoms with E-state index in [0.29, 0.717) is 18.4 Å². The highest BCUT2D eigenvalue weighted by Gasteiger charge is 2.53. The van der Waals surface area contributed by atoms with E-state index in [-0.39, 0.29) is 11.8 Å². The minimum atomic E-state index is -0.685. The van der Waals surface area contributed by atoms with Gasteiger partial charge in [0.25, 0.3) is 0 Å². The molecule has 1 unspecified atom stereocenters. The standard InChI is InChI=1S/C8H13N3O2/c9-5(7(10)12)1-4-3-2-6(3)11-8(4)13/h3-6H,1-2,9H2,(H2,10,12)(H,11,13)/t3-,4-,5?,6-/m1/s1. The molecule has 0 aromatic rings. The maximum Gasteiger partial charge on any atom is 0.234 e. The Kier molecular flexibility index (Phi) is 1.76. The van der Waals surface area contributed by atoms with Crippen molar-refractivity contribution in [1.82, 2.24) is 5.32 Å². The third-order valence-electron chi connectivity index (χ3n) is 2.89. The molecule has 13 heavy (non-hydrogen) atoms. The lowest BCUT2D eigenvalue weighted by molar-refractivity contribution is -0.124. The van der Waals surface area contributed by atoms with E-state index < -0.39 is 11.9 Å². The molecule has 2 amide bonds. The normalized spacial score (nSPS) is 37.9. The van der Waals surface area contributed by atoms with Gasteiger partial charge in [0.1, 0.15) is 0 Å². The molecule has 2 fully saturated rings. The predicted octanol–water partition coefficient (Wildman–Crippen LogP) is -1.68. The number of fused-ring (bicyclic) bond motifs is 1.